The zero-order chi connectivity index (χ0) is 26.1. The van der Waals surface area contributed by atoms with E-state index < -0.39 is 41.4 Å². The second kappa shape index (κ2) is 9.50. The van der Waals surface area contributed by atoms with Crippen LogP contribution in [0.25, 0.3) is 5.69 Å². The van der Waals surface area contributed by atoms with Crippen molar-refractivity contribution in [3.63, 3.8) is 0 Å². The van der Waals surface area contributed by atoms with E-state index in [0.717, 1.165) is 15.4 Å². The molecule has 2 aromatic heterocycles. The largest absolute Gasteiger partial charge is 0.451 e. The number of nitrogens with zero attached hydrogens (tertiary/aromatic N) is 6. The van der Waals surface area contributed by atoms with E-state index >= 15 is 0 Å². The van der Waals surface area contributed by atoms with Crippen LogP contribution in [0.2, 0.25) is 0 Å². The number of carbonyl (C=O) groups excluding carboxylic acids is 2. The zero-order valence-corrected chi connectivity index (χ0v) is 18.3. The van der Waals surface area contributed by atoms with Crippen molar-refractivity contribution in [1.82, 2.24) is 40.1 Å². The lowest BCUT2D eigenvalue weighted by molar-refractivity contribution is -0.148. The molecule has 1 aliphatic rings. The molecule has 0 saturated carbocycles. The molecule has 1 aromatic carbocycles. The number of nitrogens with one attached hydrogen (secondary N) is 2. The molecule has 0 unspecified atom stereocenters. The Balaban J connectivity index is 1.32. The van der Waals surface area contributed by atoms with Crippen molar-refractivity contribution >= 4 is 11.9 Å². The summed E-state index contributed by atoms with van der Waals surface area (Å²) in [5.74, 6) is -2.22. The lowest BCUT2D eigenvalue weighted by Gasteiger charge is -2.28. The van der Waals surface area contributed by atoms with Gasteiger partial charge in [0.1, 0.15) is 0 Å². The summed E-state index contributed by atoms with van der Waals surface area (Å²) in [5, 5.41) is 14.8. The fourth-order valence-electron chi connectivity index (χ4n) is 3.56. The van der Waals surface area contributed by atoms with Crippen LogP contribution < -0.4 is 10.6 Å². The Morgan fingerprint density at radius 2 is 1.61 bits per heavy atom. The van der Waals surface area contributed by atoms with Gasteiger partial charge >= 0.3 is 18.4 Å². The highest BCUT2D eigenvalue weighted by Crippen LogP contribution is 2.31. The van der Waals surface area contributed by atoms with E-state index in [1.807, 2.05) is 0 Å². The second-order valence-corrected chi connectivity index (χ2v) is 7.67. The van der Waals surface area contributed by atoms with Gasteiger partial charge in [-0.2, -0.15) is 31.4 Å². The van der Waals surface area contributed by atoms with E-state index in [0.29, 0.717) is 5.69 Å². The van der Waals surface area contributed by atoms with Crippen molar-refractivity contribution in [3.05, 3.63) is 59.4 Å². The lowest BCUT2D eigenvalue weighted by atomic mass is 10.2. The molecule has 0 saturated heterocycles. The monoisotopic (exact) mass is 516 g/mol. The van der Waals surface area contributed by atoms with Crippen LogP contribution in [0.3, 0.4) is 0 Å². The highest BCUT2D eigenvalue weighted by molar-refractivity contribution is 5.95. The Morgan fingerprint density at radius 1 is 0.917 bits per heavy atom. The normalized spacial score (nSPS) is 13.9. The van der Waals surface area contributed by atoms with Crippen molar-refractivity contribution in [2.45, 2.75) is 25.4 Å². The van der Waals surface area contributed by atoms with E-state index in [9.17, 15) is 35.9 Å². The molecular weight excluding hydrogens is 498 g/mol. The third-order valence-corrected chi connectivity index (χ3v) is 5.23. The first-order chi connectivity index (χ1) is 16.9. The Labute approximate surface area is 198 Å². The van der Waals surface area contributed by atoms with Crippen molar-refractivity contribution in [2.75, 3.05) is 19.6 Å². The van der Waals surface area contributed by atoms with Gasteiger partial charge < -0.3 is 20.1 Å². The number of amides is 3. The average molecular weight is 516 g/mol. The molecule has 0 radical (unpaired) electrons. The number of aromatic nitrogens is 5. The second-order valence-electron chi connectivity index (χ2n) is 7.67. The van der Waals surface area contributed by atoms with Crippen LogP contribution in [0.4, 0.5) is 31.1 Å². The van der Waals surface area contributed by atoms with Crippen LogP contribution in [0, 0.1) is 0 Å². The van der Waals surface area contributed by atoms with Crippen LogP contribution in [0.15, 0.2) is 36.5 Å². The molecule has 0 aliphatic carbocycles. The fraction of sp³-hybridized carbons (Fsp3) is 0.350. The summed E-state index contributed by atoms with van der Waals surface area (Å²) in [5.41, 5.74) is -1.72. The third kappa shape index (κ3) is 5.26. The molecule has 1 aliphatic heterocycles. The molecule has 2 N–H and O–H groups in total. The Kier molecular flexibility index (Phi) is 6.60. The van der Waals surface area contributed by atoms with E-state index in [4.69, 9.17) is 0 Å². The smallest absolute Gasteiger partial charge is 0.350 e. The standard InChI is InChI=1S/C20H18F6N8O2/c21-19(22,23)15-13(10-34(31-15)12-4-2-1-3-5-12)16(35)27-6-7-28-18(36)32-8-9-33-14(11-32)29-30-17(33)20(24,25)26/h1-5,10H,6-9,11H2,(H,27,35)(H,28,36). The molecule has 0 bridgehead atoms. The molecule has 10 nitrogen and oxygen atoms in total. The van der Waals surface area contributed by atoms with E-state index in [2.05, 4.69) is 25.9 Å². The van der Waals surface area contributed by atoms with Crippen LogP contribution in [0.5, 0.6) is 0 Å². The van der Waals surface area contributed by atoms with Crippen molar-refractivity contribution in [2.24, 2.45) is 0 Å². The first kappa shape index (κ1) is 25.0. The maximum Gasteiger partial charge on any atom is 0.451 e. The predicted molar refractivity (Wildman–Crippen MR) is 110 cm³/mol. The molecule has 3 heterocycles. The maximum atomic E-state index is 13.4. The van der Waals surface area contributed by atoms with Gasteiger partial charge in [0, 0.05) is 32.4 Å². The lowest BCUT2D eigenvalue weighted by Crippen LogP contribution is -2.46. The molecule has 0 fully saturated rings. The Morgan fingerprint density at radius 3 is 2.28 bits per heavy atom. The van der Waals surface area contributed by atoms with Gasteiger partial charge in [0.2, 0.25) is 5.82 Å². The number of hydrogen-bond acceptors (Lipinski definition) is 5. The SMILES string of the molecule is O=C(NCCNC(=O)N1CCn2c(nnc2C(F)(F)F)C1)c1cn(-c2ccccc2)nc1C(F)(F)F. The van der Waals surface area contributed by atoms with Gasteiger partial charge in [-0.3, -0.25) is 4.79 Å². The van der Waals surface area contributed by atoms with E-state index in [1.54, 1.807) is 18.2 Å². The molecule has 192 valence electrons. The van der Waals surface area contributed by atoms with E-state index in [1.165, 1.54) is 17.0 Å². The fourth-order valence-corrected chi connectivity index (χ4v) is 3.56. The van der Waals surface area contributed by atoms with E-state index in [-0.39, 0.29) is 38.5 Å². The van der Waals surface area contributed by atoms with Crippen molar-refractivity contribution in [1.29, 1.82) is 0 Å². The summed E-state index contributed by atoms with van der Waals surface area (Å²) >= 11 is 0. The molecule has 16 heteroatoms. The number of halogens is 6. The third-order valence-electron chi connectivity index (χ3n) is 5.23. The van der Waals surface area contributed by atoms with Crippen LogP contribution in [-0.2, 0) is 25.4 Å². The summed E-state index contributed by atoms with van der Waals surface area (Å²) < 4.78 is 80.8. The van der Waals surface area contributed by atoms with Gasteiger partial charge in [-0.05, 0) is 12.1 Å². The first-order valence-electron chi connectivity index (χ1n) is 10.5. The minimum atomic E-state index is -4.87. The van der Waals surface area contributed by atoms with Crippen molar-refractivity contribution < 1.29 is 35.9 Å². The highest BCUT2D eigenvalue weighted by Gasteiger charge is 2.40. The number of urea groups is 1. The Hall–Kier alpha value is -4.11. The molecule has 3 aromatic rings. The summed E-state index contributed by atoms with van der Waals surface area (Å²) in [6.07, 6.45) is -8.58. The quantitative estimate of drug-likeness (QED) is 0.400. The minimum Gasteiger partial charge on any atom is -0.350 e. The number of benzene rings is 1. The molecule has 3 amide bonds. The number of para-hydroxylation sites is 1. The number of rotatable bonds is 5. The molecule has 0 atom stereocenters. The zero-order valence-electron chi connectivity index (χ0n) is 18.3. The van der Waals surface area contributed by atoms with Gasteiger partial charge in [0.25, 0.3) is 5.91 Å². The number of fused-ring (bicyclic) bond motifs is 1. The number of alkyl halides is 6. The van der Waals surface area contributed by atoms with Gasteiger partial charge in [0.15, 0.2) is 11.5 Å². The van der Waals surface area contributed by atoms with Crippen LogP contribution >= 0.6 is 0 Å². The van der Waals surface area contributed by atoms with Crippen LogP contribution in [-0.4, -0.2) is 61.0 Å². The Bertz CT molecular complexity index is 1250. The van der Waals surface area contributed by atoms with Crippen LogP contribution in [0.1, 0.15) is 27.7 Å². The molecular formula is C20H18F6N8O2. The summed E-state index contributed by atoms with van der Waals surface area (Å²) in [7, 11) is 0. The van der Waals surface area contributed by atoms with Gasteiger partial charge in [0.05, 0.1) is 17.8 Å². The first-order valence-corrected chi connectivity index (χ1v) is 10.5. The minimum absolute atomic E-state index is 0.0351. The van der Waals surface area contributed by atoms with Gasteiger partial charge in [-0.1, -0.05) is 18.2 Å². The average Bonchev–Trinajstić information content (AvgIpc) is 3.46. The highest BCUT2D eigenvalue weighted by atomic mass is 19.4. The van der Waals surface area contributed by atoms with Gasteiger partial charge in [-0.15, -0.1) is 10.2 Å². The van der Waals surface area contributed by atoms with Gasteiger partial charge in [-0.25, -0.2) is 9.48 Å². The predicted octanol–water partition coefficient (Wildman–Crippen LogP) is 2.46. The number of hydrogen-bond donors (Lipinski definition) is 2. The summed E-state index contributed by atoms with van der Waals surface area (Å²) in [6.45, 7) is -0.766. The summed E-state index contributed by atoms with van der Waals surface area (Å²) in [4.78, 5) is 26.0. The maximum absolute atomic E-state index is 13.4. The van der Waals surface area contributed by atoms with Crippen molar-refractivity contribution in [3.8, 4) is 5.69 Å². The molecule has 4 rings (SSSR count). The molecule has 0 spiro atoms. The topological polar surface area (TPSA) is 110 Å². The summed E-state index contributed by atoms with van der Waals surface area (Å²) in [6, 6.07) is 7.30. The number of carbonyl (C=O) groups is 2. The molecule has 36 heavy (non-hydrogen) atoms.